The summed E-state index contributed by atoms with van der Waals surface area (Å²) in [4.78, 5) is 39.4. The molecule has 3 rings (SSSR count). The van der Waals surface area contributed by atoms with Gasteiger partial charge in [-0.1, -0.05) is 42.5 Å². The maximum absolute atomic E-state index is 13.3. The van der Waals surface area contributed by atoms with E-state index in [4.69, 9.17) is 18.9 Å². The predicted molar refractivity (Wildman–Crippen MR) is 156 cm³/mol. The molecule has 1 fully saturated rings. The minimum absolute atomic E-state index is 0.0407. The SMILES string of the molecule is CC(C)(C)OC(=O)[C@@H](Cc1ccc(OCCNC(=O)OCc2ccccc2)cc1)[C@H]1CCN(C(=O)OC(C)(C)C)C1. The number of benzene rings is 2. The average Bonchev–Trinajstić information content (AvgIpc) is 3.38. The molecular formula is C32H44N2O7. The zero-order valence-corrected chi connectivity index (χ0v) is 25.1. The second-order valence-corrected chi connectivity index (χ2v) is 12.3. The highest BCUT2D eigenvalue weighted by Gasteiger charge is 2.39. The quantitative estimate of drug-likeness (QED) is 0.221. The number of nitrogens with zero attached hydrogens (tertiary/aromatic N) is 1. The van der Waals surface area contributed by atoms with Crippen molar-refractivity contribution in [2.24, 2.45) is 11.8 Å². The van der Waals surface area contributed by atoms with Gasteiger partial charge in [-0.05, 0) is 83.6 Å². The largest absolute Gasteiger partial charge is 0.492 e. The van der Waals surface area contributed by atoms with E-state index in [0.29, 0.717) is 38.2 Å². The number of hydrogen-bond donors (Lipinski definition) is 1. The van der Waals surface area contributed by atoms with Crippen LogP contribution in [-0.4, -0.2) is 60.5 Å². The molecule has 2 atom stereocenters. The summed E-state index contributed by atoms with van der Waals surface area (Å²) in [5.74, 6) is -0.0568. The Kier molecular flexibility index (Phi) is 11.0. The molecule has 1 aliphatic rings. The molecule has 0 radical (unpaired) electrons. The number of amides is 2. The predicted octanol–water partition coefficient (Wildman–Crippen LogP) is 5.75. The first kappa shape index (κ1) is 31.8. The van der Waals surface area contributed by atoms with Gasteiger partial charge in [-0.3, -0.25) is 4.79 Å². The lowest BCUT2D eigenvalue weighted by atomic mass is 9.86. The highest BCUT2D eigenvalue weighted by atomic mass is 16.6. The molecule has 1 saturated heterocycles. The van der Waals surface area contributed by atoms with E-state index in [1.165, 1.54) is 0 Å². The molecule has 2 amide bonds. The Morgan fingerprint density at radius 3 is 2.20 bits per heavy atom. The summed E-state index contributed by atoms with van der Waals surface area (Å²) < 4.78 is 22.2. The molecular weight excluding hydrogens is 524 g/mol. The molecule has 2 aromatic rings. The van der Waals surface area contributed by atoms with Gasteiger partial charge in [-0.15, -0.1) is 0 Å². The number of nitrogens with one attached hydrogen (secondary N) is 1. The summed E-state index contributed by atoms with van der Waals surface area (Å²) in [5, 5.41) is 2.67. The van der Waals surface area contributed by atoms with Gasteiger partial charge in [-0.2, -0.15) is 0 Å². The normalized spacial score (nSPS) is 16.0. The van der Waals surface area contributed by atoms with Crippen molar-refractivity contribution in [3.05, 3.63) is 65.7 Å². The van der Waals surface area contributed by atoms with E-state index in [1.54, 1.807) is 4.90 Å². The summed E-state index contributed by atoms with van der Waals surface area (Å²) in [6, 6.07) is 17.0. The van der Waals surface area contributed by atoms with Gasteiger partial charge in [-0.25, -0.2) is 9.59 Å². The van der Waals surface area contributed by atoms with Gasteiger partial charge in [0.2, 0.25) is 0 Å². The second-order valence-electron chi connectivity index (χ2n) is 12.3. The van der Waals surface area contributed by atoms with Gasteiger partial charge < -0.3 is 29.2 Å². The number of ether oxygens (including phenoxy) is 4. The van der Waals surface area contributed by atoms with Crippen LogP contribution in [0.4, 0.5) is 9.59 Å². The Bertz CT molecular complexity index is 1140. The Morgan fingerprint density at radius 1 is 0.902 bits per heavy atom. The molecule has 0 unspecified atom stereocenters. The highest BCUT2D eigenvalue weighted by molar-refractivity contribution is 5.74. The number of likely N-dealkylation sites (tertiary alicyclic amines) is 1. The van der Waals surface area contributed by atoms with Crippen LogP contribution >= 0.6 is 0 Å². The summed E-state index contributed by atoms with van der Waals surface area (Å²) >= 11 is 0. The zero-order chi connectivity index (χ0) is 30.0. The van der Waals surface area contributed by atoms with Crippen LogP contribution in [0.5, 0.6) is 5.75 Å². The van der Waals surface area contributed by atoms with Gasteiger partial charge >= 0.3 is 18.2 Å². The molecule has 224 valence electrons. The van der Waals surface area contributed by atoms with Gasteiger partial charge in [0.05, 0.1) is 12.5 Å². The molecule has 0 aliphatic carbocycles. The van der Waals surface area contributed by atoms with E-state index in [0.717, 1.165) is 11.1 Å². The summed E-state index contributed by atoms with van der Waals surface area (Å²) in [6.45, 7) is 12.9. The Labute approximate surface area is 243 Å². The molecule has 0 bridgehead atoms. The van der Waals surface area contributed by atoms with Gasteiger partial charge in [0.25, 0.3) is 0 Å². The third-order valence-corrected chi connectivity index (χ3v) is 6.39. The van der Waals surface area contributed by atoms with E-state index in [1.807, 2.05) is 96.1 Å². The molecule has 0 aromatic heterocycles. The summed E-state index contributed by atoms with van der Waals surface area (Å²) in [6.07, 6.45) is 0.323. The average molecular weight is 569 g/mol. The van der Waals surface area contributed by atoms with Crippen molar-refractivity contribution in [2.75, 3.05) is 26.2 Å². The van der Waals surface area contributed by atoms with Crippen molar-refractivity contribution < 1.29 is 33.3 Å². The number of carbonyl (C=O) groups is 3. The van der Waals surface area contributed by atoms with Crippen molar-refractivity contribution in [2.45, 2.75) is 72.2 Å². The van der Waals surface area contributed by atoms with Crippen molar-refractivity contribution >= 4 is 18.2 Å². The lowest BCUT2D eigenvalue weighted by Crippen LogP contribution is -2.38. The molecule has 41 heavy (non-hydrogen) atoms. The van der Waals surface area contributed by atoms with Crippen molar-refractivity contribution in [1.29, 1.82) is 0 Å². The lowest BCUT2D eigenvalue weighted by molar-refractivity contribution is -0.161. The molecule has 0 saturated carbocycles. The van der Waals surface area contributed by atoms with Crippen LogP contribution in [0.2, 0.25) is 0 Å². The van der Waals surface area contributed by atoms with Crippen LogP contribution in [0.1, 0.15) is 59.1 Å². The fourth-order valence-corrected chi connectivity index (χ4v) is 4.50. The number of carbonyl (C=O) groups excluding carboxylic acids is 3. The van der Waals surface area contributed by atoms with Crippen LogP contribution in [0.3, 0.4) is 0 Å². The third-order valence-electron chi connectivity index (χ3n) is 6.39. The topological polar surface area (TPSA) is 103 Å². The molecule has 0 spiro atoms. The van der Waals surface area contributed by atoms with Gasteiger partial charge in [0.1, 0.15) is 30.2 Å². The van der Waals surface area contributed by atoms with Crippen LogP contribution in [0.15, 0.2) is 54.6 Å². The van der Waals surface area contributed by atoms with E-state index in [-0.39, 0.29) is 31.2 Å². The van der Waals surface area contributed by atoms with E-state index in [2.05, 4.69) is 5.32 Å². The van der Waals surface area contributed by atoms with Crippen molar-refractivity contribution in [1.82, 2.24) is 10.2 Å². The first-order chi connectivity index (χ1) is 19.3. The maximum atomic E-state index is 13.3. The van der Waals surface area contributed by atoms with Crippen molar-refractivity contribution in [3.8, 4) is 5.75 Å². The van der Waals surface area contributed by atoms with Gasteiger partial charge in [0, 0.05) is 13.1 Å². The number of rotatable bonds is 10. The minimum atomic E-state index is -0.613. The monoisotopic (exact) mass is 568 g/mol. The minimum Gasteiger partial charge on any atom is -0.492 e. The molecule has 1 heterocycles. The second kappa shape index (κ2) is 14.2. The maximum Gasteiger partial charge on any atom is 0.410 e. The Hall–Kier alpha value is -3.75. The first-order valence-electron chi connectivity index (χ1n) is 14.2. The van der Waals surface area contributed by atoms with E-state index < -0.39 is 23.2 Å². The molecule has 2 aromatic carbocycles. The van der Waals surface area contributed by atoms with Crippen LogP contribution in [0.25, 0.3) is 0 Å². The molecule has 9 nitrogen and oxygen atoms in total. The molecule has 1 aliphatic heterocycles. The van der Waals surface area contributed by atoms with E-state index in [9.17, 15) is 14.4 Å². The highest BCUT2D eigenvalue weighted by Crippen LogP contribution is 2.31. The summed E-state index contributed by atoms with van der Waals surface area (Å²) in [7, 11) is 0. The number of alkyl carbamates (subject to hydrolysis) is 1. The van der Waals surface area contributed by atoms with Crippen LogP contribution in [-0.2, 0) is 32.0 Å². The Balaban J connectivity index is 1.51. The van der Waals surface area contributed by atoms with Crippen LogP contribution in [0, 0.1) is 11.8 Å². The van der Waals surface area contributed by atoms with Gasteiger partial charge in [0.15, 0.2) is 0 Å². The van der Waals surface area contributed by atoms with Crippen LogP contribution < -0.4 is 10.1 Å². The first-order valence-corrected chi connectivity index (χ1v) is 14.2. The standard InChI is InChI=1S/C32H44N2O7/c1-31(2,3)40-28(35)27(25-16-18-34(21-25)30(37)41-32(4,5)6)20-23-12-14-26(15-13-23)38-19-17-33-29(36)39-22-24-10-8-7-9-11-24/h7-15,25,27H,16-22H2,1-6H3,(H,33,36)/t25-,27-/m0/s1. The van der Waals surface area contributed by atoms with E-state index >= 15 is 0 Å². The molecule has 1 N–H and O–H groups in total. The lowest BCUT2D eigenvalue weighted by Gasteiger charge is -2.28. The zero-order valence-electron chi connectivity index (χ0n) is 25.1. The summed E-state index contributed by atoms with van der Waals surface area (Å²) in [5.41, 5.74) is 0.691. The third kappa shape index (κ3) is 11.3. The Morgan fingerprint density at radius 2 is 1.56 bits per heavy atom. The number of hydrogen-bond acceptors (Lipinski definition) is 7. The smallest absolute Gasteiger partial charge is 0.410 e. The number of esters is 1. The molecule has 9 heteroatoms. The van der Waals surface area contributed by atoms with Crippen molar-refractivity contribution in [3.63, 3.8) is 0 Å². The fraction of sp³-hybridized carbons (Fsp3) is 0.531. The fourth-order valence-electron chi connectivity index (χ4n) is 4.50.